The molecule has 7 heterocycles. The van der Waals surface area contributed by atoms with Gasteiger partial charge in [-0.3, -0.25) is 0 Å². The first-order valence-corrected chi connectivity index (χ1v) is 17.6. The van der Waals surface area contributed by atoms with E-state index in [-0.39, 0.29) is 21.7 Å². The maximum absolute atomic E-state index is 6.29. The van der Waals surface area contributed by atoms with Crippen LogP contribution in [0.5, 0.6) is 11.5 Å². The predicted octanol–water partition coefficient (Wildman–Crippen LogP) is 9.70. The zero-order chi connectivity index (χ0) is 33.0. The standard InChI is InChI=1S/C41H52N4O2/c1-27-24-28-26-29(25-27)47-23-11-9-21-41(7)35-17-13-31(43-35)38(2,3)30-12-16-34(42-30)40(6,20-8-10-22-46-28)36-18-14-32(44-36)39(4,5)33-15-19-37(41)45-33/h12-19,24-26,42-45H,8-11,20-23H2,1-7H3. The molecule has 8 rings (SSSR count). The molecule has 248 valence electrons. The maximum Gasteiger partial charge on any atom is 0.123 e. The molecule has 0 fully saturated rings. The van der Waals surface area contributed by atoms with E-state index in [4.69, 9.17) is 9.47 Å². The molecule has 4 aromatic heterocycles. The number of fused-ring (bicyclic) bond motifs is 8. The van der Waals surface area contributed by atoms with E-state index in [2.05, 4.69) is 129 Å². The molecule has 6 nitrogen and oxygen atoms in total. The first-order chi connectivity index (χ1) is 22.4. The molecule has 0 saturated carbocycles. The lowest BCUT2D eigenvalue weighted by atomic mass is 9.78. The third kappa shape index (κ3) is 5.54. The fraction of sp³-hybridized carbons (Fsp3) is 0.463. The van der Waals surface area contributed by atoms with Crippen LogP contribution < -0.4 is 9.47 Å². The molecular weight excluding hydrogens is 580 g/mol. The zero-order valence-electron chi connectivity index (χ0n) is 29.3. The molecule has 4 N–H and O–H groups in total. The van der Waals surface area contributed by atoms with Gasteiger partial charge in [0.2, 0.25) is 0 Å². The van der Waals surface area contributed by atoms with Gasteiger partial charge in [-0.05, 0) is 153 Å². The highest BCUT2D eigenvalue weighted by atomic mass is 16.5. The molecule has 0 aliphatic carbocycles. The largest absolute Gasteiger partial charge is 0.493 e. The molecule has 47 heavy (non-hydrogen) atoms. The Hall–Kier alpha value is -4.06. The fourth-order valence-electron chi connectivity index (χ4n) is 7.87. The molecule has 3 aliphatic rings. The molecule has 5 aromatic rings. The van der Waals surface area contributed by atoms with Crippen LogP contribution in [0.2, 0.25) is 0 Å². The monoisotopic (exact) mass is 632 g/mol. The molecule has 3 aliphatic heterocycles. The van der Waals surface area contributed by atoms with Gasteiger partial charge in [-0.2, -0.15) is 0 Å². The minimum Gasteiger partial charge on any atom is -0.493 e. The molecule has 0 unspecified atom stereocenters. The van der Waals surface area contributed by atoms with Crippen molar-refractivity contribution >= 4 is 0 Å². The van der Waals surface area contributed by atoms with Crippen molar-refractivity contribution in [3.05, 3.63) is 118 Å². The molecular formula is C41H52N4O2. The van der Waals surface area contributed by atoms with Gasteiger partial charge in [-0.15, -0.1) is 0 Å². The SMILES string of the molecule is Cc1cc2cc(c1)OCCCCC1(C)c3ccc([nH]3)C(C)(C)c3ccc([nH]3)C(C)(CCCCO2)c2ccc([nH]2)C(C)(C)c2ccc1[nH]2. The van der Waals surface area contributed by atoms with E-state index in [1.54, 1.807) is 0 Å². The van der Waals surface area contributed by atoms with Crippen LogP contribution in [-0.4, -0.2) is 33.1 Å². The lowest BCUT2D eigenvalue weighted by Crippen LogP contribution is -2.29. The molecule has 12 bridgehead atoms. The predicted molar refractivity (Wildman–Crippen MR) is 190 cm³/mol. The average molecular weight is 633 g/mol. The summed E-state index contributed by atoms with van der Waals surface area (Å²) in [5.74, 6) is 1.77. The van der Waals surface area contributed by atoms with Gasteiger partial charge in [0.25, 0.3) is 0 Å². The first-order valence-electron chi connectivity index (χ1n) is 17.6. The zero-order valence-corrected chi connectivity index (χ0v) is 29.3. The Bertz CT molecular complexity index is 1640. The number of hydrogen-bond donors (Lipinski definition) is 4. The van der Waals surface area contributed by atoms with E-state index in [0.717, 1.165) is 55.6 Å². The van der Waals surface area contributed by atoms with Gasteiger partial charge in [0, 0.05) is 73.3 Å². The Morgan fingerprint density at radius 2 is 0.766 bits per heavy atom. The van der Waals surface area contributed by atoms with Crippen LogP contribution >= 0.6 is 0 Å². The lowest BCUT2D eigenvalue weighted by Gasteiger charge is -2.31. The molecule has 1 aromatic carbocycles. The van der Waals surface area contributed by atoms with Gasteiger partial charge >= 0.3 is 0 Å². The van der Waals surface area contributed by atoms with Gasteiger partial charge in [-0.1, -0.05) is 0 Å². The van der Waals surface area contributed by atoms with Crippen LogP contribution in [0, 0.1) is 6.92 Å². The molecule has 0 radical (unpaired) electrons. The highest BCUT2D eigenvalue weighted by Gasteiger charge is 2.39. The summed E-state index contributed by atoms with van der Waals surface area (Å²) in [6.07, 6.45) is 5.95. The van der Waals surface area contributed by atoms with Gasteiger partial charge in [0.05, 0.1) is 13.2 Å². The molecule has 0 saturated heterocycles. The summed E-state index contributed by atoms with van der Waals surface area (Å²) in [6.45, 7) is 17.5. The maximum atomic E-state index is 6.29. The summed E-state index contributed by atoms with van der Waals surface area (Å²) in [7, 11) is 0. The number of aromatic nitrogens is 4. The quantitative estimate of drug-likeness (QED) is 0.137. The number of H-pyrrole nitrogens is 4. The van der Waals surface area contributed by atoms with E-state index in [1.807, 2.05) is 6.07 Å². The van der Waals surface area contributed by atoms with Crippen LogP contribution in [0.1, 0.15) is 131 Å². The van der Waals surface area contributed by atoms with Crippen molar-refractivity contribution in [2.75, 3.05) is 13.2 Å². The number of aromatic amines is 4. The summed E-state index contributed by atoms with van der Waals surface area (Å²) in [5, 5.41) is 0. The van der Waals surface area contributed by atoms with Crippen molar-refractivity contribution in [3.63, 3.8) is 0 Å². The van der Waals surface area contributed by atoms with Crippen molar-refractivity contribution in [1.82, 2.24) is 19.9 Å². The third-order valence-electron chi connectivity index (χ3n) is 11.5. The molecule has 6 heteroatoms. The molecule has 0 amide bonds. The van der Waals surface area contributed by atoms with E-state index in [9.17, 15) is 0 Å². The van der Waals surface area contributed by atoms with Crippen LogP contribution in [0.25, 0.3) is 0 Å². The van der Waals surface area contributed by atoms with Gasteiger partial charge in [-0.25, -0.2) is 0 Å². The van der Waals surface area contributed by atoms with Crippen molar-refractivity contribution in [1.29, 1.82) is 0 Å². The highest BCUT2D eigenvalue weighted by molar-refractivity contribution is 5.44. The summed E-state index contributed by atoms with van der Waals surface area (Å²) >= 11 is 0. The Balaban J connectivity index is 1.38. The average Bonchev–Trinajstić information content (AvgIpc) is 3.86. The fourth-order valence-corrected chi connectivity index (χ4v) is 7.87. The normalized spacial score (nSPS) is 24.2. The Kier molecular flexibility index (Phi) is 7.76. The molecule has 0 spiro atoms. The van der Waals surface area contributed by atoms with Gasteiger partial charge < -0.3 is 29.4 Å². The van der Waals surface area contributed by atoms with E-state index in [1.165, 1.54) is 45.6 Å². The highest BCUT2D eigenvalue weighted by Crippen LogP contribution is 2.43. The number of rotatable bonds is 0. The Morgan fingerprint density at radius 3 is 1.11 bits per heavy atom. The number of nitrogens with one attached hydrogen (secondary N) is 4. The van der Waals surface area contributed by atoms with Crippen LogP contribution in [0.4, 0.5) is 0 Å². The Morgan fingerprint density at radius 1 is 0.447 bits per heavy atom. The van der Waals surface area contributed by atoms with Gasteiger partial charge in [0.15, 0.2) is 0 Å². The second kappa shape index (κ2) is 11.6. The number of aryl methyl sites for hydroxylation is 1. The topological polar surface area (TPSA) is 81.6 Å². The second-order valence-electron chi connectivity index (χ2n) is 15.6. The van der Waals surface area contributed by atoms with E-state index in [0.29, 0.717) is 13.2 Å². The summed E-state index contributed by atoms with van der Waals surface area (Å²) in [4.78, 5) is 15.8. The number of hydrogen-bond acceptors (Lipinski definition) is 2. The van der Waals surface area contributed by atoms with E-state index < -0.39 is 0 Å². The van der Waals surface area contributed by atoms with E-state index >= 15 is 0 Å². The van der Waals surface area contributed by atoms with Gasteiger partial charge in [0.1, 0.15) is 11.5 Å². The third-order valence-corrected chi connectivity index (χ3v) is 11.5. The molecule has 0 atom stereocenters. The minimum absolute atomic E-state index is 0.233. The van der Waals surface area contributed by atoms with Crippen molar-refractivity contribution in [3.8, 4) is 11.5 Å². The summed E-state index contributed by atoms with van der Waals surface area (Å²) in [6, 6.07) is 24.7. The van der Waals surface area contributed by atoms with Crippen LogP contribution in [-0.2, 0) is 21.7 Å². The van der Waals surface area contributed by atoms with Crippen LogP contribution in [0.15, 0.2) is 66.7 Å². The van der Waals surface area contributed by atoms with Crippen molar-refractivity contribution < 1.29 is 9.47 Å². The summed E-state index contributed by atoms with van der Waals surface area (Å²) in [5.41, 5.74) is 10.0. The first kappa shape index (κ1) is 31.5. The lowest BCUT2D eigenvalue weighted by molar-refractivity contribution is 0.284. The Labute approximate surface area is 280 Å². The smallest absolute Gasteiger partial charge is 0.123 e. The second-order valence-corrected chi connectivity index (χ2v) is 15.6. The van der Waals surface area contributed by atoms with Crippen molar-refractivity contribution in [2.24, 2.45) is 0 Å². The summed E-state index contributed by atoms with van der Waals surface area (Å²) < 4.78 is 12.6. The van der Waals surface area contributed by atoms with Crippen molar-refractivity contribution in [2.45, 2.75) is 109 Å². The number of ether oxygens (including phenoxy) is 2. The number of benzene rings is 1. The minimum atomic E-state index is -0.235. The van der Waals surface area contributed by atoms with Crippen LogP contribution in [0.3, 0.4) is 0 Å².